The molecule has 0 bridgehead atoms. The van der Waals surface area contributed by atoms with E-state index in [-0.39, 0.29) is 0 Å². The van der Waals surface area contributed by atoms with Gasteiger partial charge < -0.3 is 15.0 Å². The highest BCUT2D eigenvalue weighted by Gasteiger charge is 2.20. The number of morpholine rings is 1. The molecule has 0 aromatic carbocycles. The van der Waals surface area contributed by atoms with E-state index in [9.17, 15) is 0 Å². The molecule has 0 unspecified atom stereocenters. The van der Waals surface area contributed by atoms with Crippen molar-refractivity contribution in [3.05, 3.63) is 0 Å². The van der Waals surface area contributed by atoms with Crippen LogP contribution >= 0.6 is 0 Å². The molecule has 4 nitrogen and oxygen atoms in total. The number of likely N-dealkylation sites (N-methyl/N-ethyl adjacent to an activating group) is 1. The minimum Gasteiger partial charge on any atom is -0.374 e. The summed E-state index contributed by atoms with van der Waals surface area (Å²) in [4.78, 5) is 4.93. The highest BCUT2D eigenvalue weighted by molar-refractivity contribution is 4.74. The summed E-state index contributed by atoms with van der Waals surface area (Å²) in [6.07, 6.45) is 2.84. The minimum atomic E-state index is 0.392. The Kier molecular flexibility index (Phi) is 8.62. The van der Waals surface area contributed by atoms with E-state index in [0.29, 0.717) is 12.1 Å². The first kappa shape index (κ1) is 16.9. The van der Waals surface area contributed by atoms with Gasteiger partial charge in [0.05, 0.1) is 12.7 Å². The average Bonchev–Trinajstić information content (AvgIpc) is 2.35. The summed E-state index contributed by atoms with van der Waals surface area (Å²) in [6, 6.07) is 0.597. The Morgan fingerprint density at radius 2 is 2.21 bits per heavy atom. The summed E-state index contributed by atoms with van der Waals surface area (Å²) in [5, 5.41) is 3.48. The summed E-state index contributed by atoms with van der Waals surface area (Å²) in [5.74, 6) is 0. The molecule has 1 fully saturated rings. The largest absolute Gasteiger partial charge is 0.374 e. The lowest BCUT2D eigenvalue weighted by Crippen LogP contribution is -2.47. The Hall–Kier alpha value is -0.160. The van der Waals surface area contributed by atoms with Gasteiger partial charge in [-0.1, -0.05) is 20.8 Å². The van der Waals surface area contributed by atoms with Gasteiger partial charge in [0.2, 0.25) is 0 Å². The molecule has 1 aliphatic heterocycles. The van der Waals surface area contributed by atoms with E-state index in [2.05, 4.69) is 42.9 Å². The second kappa shape index (κ2) is 9.70. The van der Waals surface area contributed by atoms with E-state index in [1.54, 1.807) is 0 Å². The van der Waals surface area contributed by atoms with E-state index in [1.165, 1.54) is 19.4 Å². The number of nitrogens with one attached hydrogen (secondary N) is 1. The van der Waals surface area contributed by atoms with Crippen LogP contribution < -0.4 is 5.32 Å². The van der Waals surface area contributed by atoms with Crippen LogP contribution in [0.2, 0.25) is 0 Å². The standard InChI is InChI=1S/C15H33N3O/c1-5-8-17(4)12-15-13-18(10-11-19-15)9-6-7-16-14(2)3/h14-16H,5-13H2,1-4H3/t15-/m1/s1. The number of nitrogens with zero attached hydrogens (tertiary/aromatic N) is 2. The summed E-state index contributed by atoms with van der Waals surface area (Å²) in [6.45, 7) is 14.3. The monoisotopic (exact) mass is 271 g/mol. The van der Waals surface area contributed by atoms with Crippen LogP contribution in [0, 0.1) is 0 Å². The van der Waals surface area contributed by atoms with Gasteiger partial charge in [-0.25, -0.2) is 0 Å². The fourth-order valence-electron chi connectivity index (χ4n) is 2.61. The number of hydrogen-bond donors (Lipinski definition) is 1. The first-order valence-corrected chi connectivity index (χ1v) is 7.87. The predicted octanol–water partition coefficient (Wildman–Crippen LogP) is 1.42. The quantitative estimate of drug-likeness (QED) is 0.642. The molecule has 19 heavy (non-hydrogen) atoms. The SMILES string of the molecule is CCCN(C)C[C@@H]1CN(CCCNC(C)C)CCO1. The van der Waals surface area contributed by atoms with Crippen LogP contribution in [0.15, 0.2) is 0 Å². The first-order chi connectivity index (χ1) is 9.11. The topological polar surface area (TPSA) is 27.7 Å². The van der Waals surface area contributed by atoms with Gasteiger partial charge in [0.1, 0.15) is 0 Å². The number of ether oxygens (including phenoxy) is 1. The second-order valence-electron chi connectivity index (χ2n) is 6.02. The number of hydrogen-bond acceptors (Lipinski definition) is 4. The molecule has 114 valence electrons. The molecule has 0 radical (unpaired) electrons. The zero-order chi connectivity index (χ0) is 14.1. The molecule has 1 saturated heterocycles. The molecule has 0 saturated carbocycles. The molecule has 1 heterocycles. The lowest BCUT2D eigenvalue weighted by molar-refractivity contribution is -0.0405. The Bertz CT molecular complexity index is 223. The van der Waals surface area contributed by atoms with E-state index in [1.807, 2.05) is 0 Å². The molecule has 0 aromatic rings. The van der Waals surface area contributed by atoms with E-state index in [0.717, 1.165) is 39.3 Å². The third kappa shape index (κ3) is 7.88. The van der Waals surface area contributed by atoms with E-state index >= 15 is 0 Å². The predicted molar refractivity (Wildman–Crippen MR) is 81.7 cm³/mol. The maximum atomic E-state index is 5.87. The van der Waals surface area contributed by atoms with Gasteiger partial charge in [0.25, 0.3) is 0 Å². The minimum absolute atomic E-state index is 0.392. The Balaban J connectivity index is 2.15. The molecular formula is C15H33N3O. The maximum absolute atomic E-state index is 5.87. The zero-order valence-corrected chi connectivity index (χ0v) is 13.3. The van der Waals surface area contributed by atoms with Crippen molar-refractivity contribution in [3.63, 3.8) is 0 Å². The van der Waals surface area contributed by atoms with Crippen molar-refractivity contribution in [2.45, 2.75) is 45.8 Å². The highest BCUT2D eigenvalue weighted by Crippen LogP contribution is 2.07. The van der Waals surface area contributed by atoms with Gasteiger partial charge in [-0.3, -0.25) is 4.90 Å². The van der Waals surface area contributed by atoms with Crippen molar-refractivity contribution in [1.29, 1.82) is 0 Å². The van der Waals surface area contributed by atoms with Crippen molar-refractivity contribution in [2.75, 3.05) is 52.9 Å². The lowest BCUT2D eigenvalue weighted by atomic mass is 10.2. The maximum Gasteiger partial charge on any atom is 0.0829 e. The van der Waals surface area contributed by atoms with Crippen molar-refractivity contribution < 1.29 is 4.74 Å². The summed E-state index contributed by atoms with van der Waals surface area (Å²) >= 11 is 0. The molecule has 1 rings (SSSR count). The fraction of sp³-hybridized carbons (Fsp3) is 1.00. The van der Waals surface area contributed by atoms with E-state index in [4.69, 9.17) is 4.74 Å². The molecule has 0 aliphatic carbocycles. The van der Waals surface area contributed by atoms with Crippen LogP contribution in [0.1, 0.15) is 33.6 Å². The first-order valence-electron chi connectivity index (χ1n) is 7.87. The smallest absolute Gasteiger partial charge is 0.0829 e. The molecular weight excluding hydrogens is 238 g/mol. The fourth-order valence-corrected chi connectivity index (χ4v) is 2.61. The molecule has 4 heteroatoms. The highest BCUT2D eigenvalue weighted by atomic mass is 16.5. The van der Waals surface area contributed by atoms with Crippen molar-refractivity contribution in [1.82, 2.24) is 15.1 Å². The lowest BCUT2D eigenvalue weighted by Gasteiger charge is -2.34. The van der Waals surface area contributed by atoms with Gasteiger partial charge in [-0.2, -0.15) is 0 Å². The van der Waals surface area contributed by atoms with Crippen LogP contribution in [0.4, 0.5) is 0 Å². The molecule has 0 amide bonds. The van der Waals surface area contributed by atoms with Gasteiger partial charge in [-0.05, 0) is 39.5 Å². The third-order valence-electron chi connectivity index (χ3n) is 3.55. The van der Waals surface area contributed by atoms with Crippen molar-refractivity contribution >= 4 is 0 Å². The van der Waals surface area contributed by atoms with Crippen LogP contribution in [0.5, 0.6) is 0 Å². The van der Waals surface area contributed by atoms with Gasteiger partial charge in [-0.15, -0.1) is 0 Å². The molecule has 1 N–H and O–H groups in total. The van der Waals surface area contributed by atoms with Crippen LogP contribution in [-0.4, -0.2) is 74.9 Å². The van der Waals surface area contributed by atoms with Gasteiger partial charge >= 0.3 is 0 Å². The van der Waals surface area contributed by atoms with Crippen molar-refractivity contribution in [3.8, 4) is 0 Å². The summed E-state index contributed by atoms with van der Waals surface area (Å²) in [7, 11) is 2.19. The Labute approximate surface area is 119 Å². The van der Waals surface area contributed by atoms with Crippen LogP contribution in [0.3, 0.4) is 0 Å². The third-order valence-corrected chi connectivity index (χ3v) is 3.55. The Morgan fingerprint density at radius 3 is 2.89 bits per heavy atom. The van der Waals surface area contributed by atoms with Crippen molar-refractivity contribution in [2.24, 2.45) is 0 Å². The molecule has 1 atom stereocenters. The summed E-state index contributed by atoms with van der Waals surface area (Å²) < 4.78 is 5.87. The second-order valence-corrected chi connectivity index (χ2v) is 6.02. The summed E-state index contributed by atoms with van der Waals surface area (Å²) in [5.41, 5.74) is 0. The van der Waals surface area contributed by atoms with Gasteiger partial charge in [0.15, 0.2) is 0 Å². The average molecular weight is 271 g/mol. The van der Waals surface area contributed by atoms with E-state index < -0.39 is 0 Å². The molecule has 0 spiro atoms. The number of rotatable bonds is 9. The van der Waals surface area contributed by atoms with Crippen LogP contribution in [0.25, 0.3) is 0 Å². The zero-order valence-electron chi connectivity index (χ0n) is 13.3. The molecule has 1 aliphatic rings. The van der Waals surface area contributed by atoms with Crippen LogP contribution in [-0.2, 0) is 4.74 Å². The normalized spacial score (nSPS) is 21.5. The van der Waals surface area contributed by atoms with Gasteiger partial charge in [0, 0.05) is 25.7 Å². The molecule has 0 aromatic heterocycles. The Morgan fingerprint density at radius 1 is 1.42 bits per heavy atom.